The largest absolute Gasteiger partial charge is 0.480 e. The molecule has 0 aromatic carbocycles. The van der Waals surface area contributed by atoms with Gasteiger partial charge >= 0.3 is 5.97 Å². The normalized spacial score (nSPS) is 16.1. The number of amides is 3. The standard InChI is InChI=1S/C19H37N5O6/c1-10(2)9-13(21)16(26)24-15(12(4)25)18(28)23-14(7-5-6-8-20)17(27)22-11(3)19(29)30/h10-15,25H,5-9,20-21H2,1-4H3,(H,22,27)(H,23,28)(H,24,26)(H,29,30). The summed E-state index contributed by atoms with van der Waals surface area (Å²) in [5, 5.41) is 26.2. The number of unbranched alkanes of at least 4 members (excludes halogenated alkanes) is 1. The molecule has 0 fully saturated rings. The topological polar surface area (TPSA) is 197 Å². The summed E-state index contributed by atoms with van der Waals surface area (Å²) in [4.78, 5) is 48.4. The molecule has 0 aliphatic heterocycles. The number of rotatable bonds is 14. The van der Waals surface area contributed by atoms with E-state index in [9.17, 15) is 24.3 Å². The average Bonchev–Trinajstić information content (AvgIpc) is 2.63. The van der Waals surface area contributed by atoms with Crippen molar-refractivity contribution in [3.05, 3.63) is 0 Å². The minimum absolute atomic E-state index is 0.163. The van der Waals surface area contributed by atoms with Crippen molar-refractivity contribution in [2.24, 2.45) is 17.4 Å². The Hall–Kier alpha value is -2.24. The molecule has 11 nitrogen and oxygen atoms in total. The Morgan fingerprint density at radius 3 is 1.97 bits per heavy atom. The van der Waals surface area contributed by atoms with Crippen LogP contribution in [0.3, 0.4) is 0 Å². The van der Waals surface area contributed by atoms with Crippen molar-refractivity contribution in [2.45, 2.75) is 83.6 Å². The number of carbonyl (C=O) groups is 4. The molecule has 0 saturated carbocycles. The highest BCUT2D eigenvalue weighted by Gasteiger charge is 2.31. The minimum Gasteiger partial charge on any atom is -0.480 e. The van der Waals surface area contributed by atoms with Crippen molar-refractivity contribution < 1.29 is 29.4 Å². The first-order valence-electron chi connectivity index (χ1n) is 10.2. The van der Waals surface area contributed by atoms with Crippen LogP contribution in [0, 0.1) is 5.92 Å². The summed E-state index contributed by atoms with van der Waals surface area (Å²) < 4.78 is 0. The van der Waals surface area contributed by atoms with Gasteiger partial charge in [0.05, 0.1) is 12.1 Å². The van der Waals surface area contributed by atoms with E-state index in [4.69, 9.17) is 16.6 Å². The van der Waals surface area contributed by atoms with Crippen molar-refractivity contribution in [3.8, 4) is 0 Å². The summed E-state index contributed by atoms with van der Waals surface area (Å²) in [5.74, 6) is -3.10. The number of carbonyl (C=O) groups excluding carboxylic acids is 3. The van der Waals surface area contributed by atoms with Gasteiger partial charge in [0.1, 0.15) is 18.1 Å². The zero-order valence-corrected chi connectivity index (χ0v) is 18.2. The van der Waals surface area contributed by atoms with Crippen LogP contribution in [-0.4, -0.2) is 70.7 Å². The second-order valence-electron chi connectivity index (χ2n) is 7.88. The number of carboxylic acids is 1. The second-order valence-corrected chi connectivity index (χ2v) is 7.88. The molecule has 9 N–H and O–H groups in total. The predicted molar refractivity (Wildman–Crippen MR) is 111 cm³/mol. The van der Waals surface area contributed by atoms with Gasteiger partial charge in [-0.05, 0) is 52.0 Å². The number of carboxylic acid groups (broad SMARTS) is 1. The van der Waals surface area contributed by atoms with Crippen LogP contribution in [0.1, 0.15) is 53.4 Å². The number of hydrogen-bond donors (Lipinski definition) is 7. The lowest BCUT2D eigenvalue weighted by atomic mass is 10.0. The molecule has 0 aliphatic carbocycles. The lowest BCUT2D eigenvalue weighted by molar-refractivity contribution is -0.142. The van der Waals surface area contributed by atoms with E-state index in [2.05, 4.69) is 16.0 Å². The van der Waals surface area contributed by atoms with E-state index in [1.807, 2.05) is 13.8 Å². The zero-order valence-electron chi connectivity index (χ0n) is 18.2. The smallest absolute Gasteiger partial charge is 0.325 e. The van der Waals surface area contributed by atoms with Crippen molar-refractivity contribution in [1.29, 1.82) is 0 Å². The summed E-state index contributed by atoms with van der Waals surface area (Å²) in [5.41, 5.74) is 11.3. The summed E-state index contributed by atoms with van der Waals surface area (Å²) in [6.07, 6.45) is 0.493. The molecule has 5 atom stereocenters. The first-order chi connectivity index (χ1) is 13.9. The molecule has 0 bridgehead atoms. The van der Waals surface area contributed by atoms with Gasteiger partial charge in [-0.3, -0.25) is 19.2 Å². The Kier molecular flexibility index (Phi) is 12.8. The highest BCUT2D eigenvalue weighted by atomic mass is 16.4. The first kappa shape index (κ1) is 27.8. The molecule has 0 rings (SSSR count). The van der Waals surface area contributed by atoms with Crippen LogP contribution in [0.15, 0.2) is 0 Å². The SMILES string of the molecule is CC(C)CC(N)C(=O)NC(C(=O)NC(CCCCN)C(=O)NC(C)C(=O)O)C(C)O. The summed E-state index contributed by atoms with van der Waals surface area (Å²) in [7, 11) is 0. The average molecular weight is 432 g/mol. The molecule has 0 heterocycles. The number of hydrogen-bond acceptors (Lipinski definition) is 7. The Bertz CT molecular complexity index is 584. The lowest BCUT2D eigenvalue weighted by Gasteiger charge is -2.26. The Morgan fingerprint density at radius 2 is 1.50 bits per heavy atom. The molecule has 0 aliphatic rings. The molecule has 0 aromatic rings. The van der Waals surface area contributed by atoms with E-state index < -0.39 is 54.0 Å². The van der Waals surface area contributed by atoms with Gasteiger partial charge in [-0.15, -0.1) is 0 Å². The van der Waals surface area contributed by atoms with E-state index in [1.165, 1.54) is 13.8 Å². The Morgan fingerprint density at radius 1 is 0.900 bits per heavy atom. The molecule has 0 spiro atoms. The van der Waals surface area contributed by atoms with Crippen LogP contribution in [0.4, 0.5) is 0 Å². The van der Waals surface area contributed by atoms with Gasteiger partial charge < -0.3 is 37.6 Å². The summed E-state index contributed by atoms with van der Waals surface area (Å²) in [6.45, 7) is 6.82. The van der Waals surface area contributed by atoms with Crippen LogP contribution < -0.4 is 27.4 Å². The van der Waals surface area contributed by atoms with Crippen molar-refractivity contribution in [1.82, 2.24) is 16.0 Å². The van der Waals surface area contributed by atoms with Crippen LogP contribution in [0.2, 0.25) is 0 Å². The Labute approximate surface area is 177 Å². The molecule has 0 radical (unpaired) electrons. The molecule has 30 heavy (non-hydrogen) atoms. The summed E-state index contributed by atoms with van der Waals surface area (Å²) in [6, 6.07) is -4.36. The molecule has 0 saturated heterocycles. The van der Waals surface area contributed by atoms with Crippen molar-refractivity contribution in [3.63, 3.8) is 0 Å². The highest BCUT2D eigenvalue weighted by Crippen LogP contribution is 2.06. The van der Waals surface area contributed by atoms with Gasteiger partial charge in [0.2, 0.25) is 17.7 Å². The highest BCUT2D eigenvalue weighted by molar-refractivity contribution is 5.94. The number of aliphatic hydroxyl groups is 1. The minimum atomic E-state index is -1.32. The maximum atomic E-state index is 12.7. The summed E-state index contributed by atoms with van der Waals surface area (Å²) >= 11 is 0. The zero-order chi connectivity index (χ0) is 23.4. The molecular formula is C19H37N5O6. The van der Waals surface area contributed by atoms with Gasteiger partial charge in [0.15, 0.2) is 0 Å². The van der Waals surface area contributed by atoms with Crippen LogP contribution in [-0.2, 0) is 19.2 Å². The molecule has 3 amide bonds. The van der Waals surface area contributed by atoms with Gasteiger partial charge in [0.25, 0.3) is 0 Å². The Balaban J connectivity index is 5.24. The van der Waals surface area contributed by atoms with Gasteiger partial charge in [-0.2, -0.15) is 0 Å². The molecule has 174 valence electrons. The third-order valence-electron chi connectivity index (χ3n) is 4.43. The van der Waals surface area contributed by atoms with E-state index in [1.54, 1.807) is 0 Å². The second kappa shape index (κ2) is 13.9. The van der Waals surface area contributed by atoms with Gasteiger partial charge in [0, 0.05) is 0 Å². The fourth-order valence-corrected chi connectivity index (χ4v) is 2.68. The van der Waals surface area contributed by atoms with Crippen LogP contribution in [0.25, 0.3) is 0 Å². The van der Waals surface area contributed by atoms with Crippen LogP contribution in [0.5, 0.6) is 0 Å². The quantitative estimate of drug-likeness (QED) is 0.160. The van der Waals surface area contributed by atoms with E-state index >= 15 is 0 Å². The maximum Gasteiger partial charge on any atom is 0.325 e. The van der Waals surface area contributed by atoms with Gasteiger partial charge in [-0.25, -0.2) is 0 Å². The van der Waals surface area contributed by atoms with Gasteiger partial charge in [-0.1, -0.05) is 13.8 Å². The van der Waals surface area contributed by atoms with Crippen molar-refractivity contribution >= 4 is 23.7 Å². The third-order valence-corrected chi connectivity index (χ3v) is 4.43. The molecule has 11 heteroatoms. The fraction of sp³-hybridized carbons (Fsp3) is 0.789. The number of aliphatic carboxylic acids is 1. The van der Waals surface area contributed by atoms with Crippen molar-refractivity contribution in [2.75, 3.05) is 6.54 Å². The lowest BCUT2D eigenvalue weighted by Crippen LogP contribution is -2.59. The third kappa shape index (κ3) is 10.5. The monoisotopic (exact) mass is 431 g/mol. The molecule has 5 unspecified atom stereocenters. The maximum absolute atomic E-state index is 12.7. The number of nitrogens with two attached hydrogens (primary N) is 2. The number of nitrogens with one attached hydrogen (secondary N) is 3. The van der Waals surface area contributed by atoms with E-state index in [-0.39, 0.29) is 12.3 Å². The molecule has 0 aromatic heterocycles. The number of aliphatic hydroxyl groups excluding tert-OH is 1. The first-order valence-corrected chi connectivity index (χ1v) is 10.2. The van der Waals surface area contributed by atoms with E-state index in [0.717, 1.165) is 0 Å². The van der Waals surface area contributed by atoms with E-state index in [0.29, 0.717) is 25.8 Å². The fourth-order valence-electron chi connectivity index (χ4n) is 2.68. The molecular weight excluding hydrogens is 394 g/mol. The van der Waals surface area contributed by atoms with Crippen LogP contribution >= 0.6 is 0 Å². The predicted octanol–water partition coefficient (Wildman–Crippen LogP) is -1.57.